The number of fused-ring (bicyclic) bond motifs is 1. The number of carbonyl (C=O) groups excluding carboxylic acids is 1. The Kier molecular flexibility index (Phi) is 2.60. The van der Waals surface area contributed by atoms with Gasteiger partial charge in [0.25, 0.3) is 5.24 Å². The van der Waals surface area contributed by atoms with Gasteiger partial charge in [-0.15, -0.1) is 0 Å². The monoisotopic (exact) mass is 242 g/mol. The Morgan fingerprint density at radius 3 is 2.67 bits per heavy atom. The number of benzene rings is 1. The molecule has 1 heterocycles. The molecule has 0 radical (unpaired) electrons. The quantitative estimate of drug-likeness (QED) is 0.594. The molecule has 1 unspecified atom stereocenters. The predicted molar refractivity (Wildman–Crippen MR) is 56.4 cm³/mol. The normalized spacial score (nSPS) is 12.9. The minimum atomic E-state index is -2.54. The highest BCUT2D eigenvalue weighted by Gasteiger charge is 2.13. The van der Waals surface area contributed by atoms with Crippen molar-refractivity contribution in [1.82, 2.24) is 3.97 Å². The van der Waals surface area contributed by atoms with Crippen molar-refractivity contribution in [3.8, 4) is 0 Å². The van der Waals surface area contributed by atoms with Crippen molar-refractivity contribution in [3.63, 3.8) is 0 Å². The first kappa shape index (κ1) is 10.4. The summed E-state index contributed by atoms with van der Waals surface area (Å²) in [5.74, 6) is 0. The molecular weight excluding hydrogens is 238 g/mol. The van der Waals surface area contributed by atoms with Gasteiger partial charge in [-0.25, -0.2) is 0 Å². The molecule has 6 heteroatoms. The zero-order valence-electron chi connectivity index (χ0n) is 7.34. The van der Waals surface area contributed by atoms with Crippen molar-refractivity contribution in [2.24, 2.45) is 0 Å². The molecule has 0 fully saturated rings. The SMILES string of the molecule is O=C(Cl)c1cc2ccccc2n1S(=O)[O-]. The van der Waals surface area contributed by atoms with E-state index in [1.54, 1.807) is 24.3 Å². The second kappa shape index (κ2) is 3.77. The van der Waals surface area contributed by atoms with Crippen LogP contribution in [-0.4, -0.2) is 18.0 Å². The van der Waals surface area contributed by atoms with Crippen LogP contribution in [0.5, 0.6) is 0 Å². The number of carbonyl (C=O) groups is 1. The van der Waals surface area contributed by atoms with Crippen molar-refractivity contribution in [2.45, 2.75) is 0 Å². The van der Waals surface area contributed by atoms with E-state index in [-0.39, 0.29) is 5.69 Å². The van der Waals surface area contributed by atoms with E-state index in [4.69, 9.17) is 11.6 Å². The fourth-order valence-electron chi connectivity index (χ4n) is 1.43. The molecule has 0 saturated heterocycles. The maximum atomic E-state index is 11.0. The largest absolute Gasteiger partial charge is 0.755 e. The molecule has 0 aliphatic heterocycles. The molecule has 1 aromatic carbocycles. The van der Waals surface area contributed by atoms with E-state index in [1.165, 1.54) is 6.07 Å². The number of halogens is 1. The third kappa shape index (κ3) is 1.69. The highest BCUT2D eigenvalue weighted by atomic mass is 35.5. The molecule has 0 amide bonds. The summed E-state index contributed by atoms with van der Waals surface area (Å²) in [7, 11) is 0. The number of hydrogen-bond acceptors (Lipinski definition) is 3. The summed E-state index contributed by atoms with van der Waals surface area (Å²) in [5, 5.41) is -0.138. The number of rotatable bonds is 2. The lowest BCUT2D eigenvalue weighted by atomic mass is 10.2. The van der Waals surface area contributed by atoms with E-state index in [9.17, 15) is 13.6 Å². The number of nitrogens with zero attached hydrogens (tertiary/aromatic N) is 1. The topological polar surface area (TPSA) is 62.1 Å². The smallest absolute Gasteiger partial charge is 0.269 e. The summed E-state index contributed by atoms with van der Waals surface area (Å²) in [6, 6.07) is 8.20. The number of aromatic nitrogens is 1. The van der Waals surface area contributed by atoms with Crippen LogP contribution in [0.2, 0.25) is 0 Å². The van der Waals surface area contributed by atoms with Gasteiger partial charge in [-0.05, 0) is 23.7 Å². The summed E-state index contributed by atoms with van der Waals surface area (Å²) in [5.41, 5.74) is 0.390. The zero-order chi connectivity index (χ0) is 11.0. The molecule has 0 aliphatic rings. The van der Waals surface area contributed by atoms with E-state index in [0.717, 1.165) is 3.97 Å². The molecule has 78 valence electrons. The van der Waals surface area contributed by atoms with Crippen molar-refractivity contribution < 1.29 is 13.6 Å². The van der Waals surface area contributed by atoms with Crippen LogP contribution >= 0.6 is 11.6 Å². The van der Waals surface area contributed by atoms with E-state index >= 15 is 0 Å². The third-order valence-corrected chi connectivity index (χ3v) is 2.90. The van der Waals surface area contributed by atoms with Gasteiger partial charge in [0, 0.05) is 5.39 Å². The van der Waals surface area contributed by atoms with Crippen LogP contribution in [0.25, 0.3) is 10.9 Å². The van der Waals surface area contributed by atoms with E-state index in [2.05, 4.69) is 0 Å². The van der Waals surface area contributed by atoms with Crippen LogP contribution in [0, 0.1) is 0 Å². The Bertz CT molecular complexity index is 563. The molecule has 0 bridgehead atoms. The van der Waals surface area contributed by atoms with Gasteiger partial charge in [0.15, 0.2) is 0 Å². The maximum absolute atomic E-state index is 11.0. The fourth-order valence-corrected chi connectivity index (χ4v) is 2.24. The van der Waals surface area contributed by atoms with Crippen molar-refractivity contribution in [2.75, 3.05) is 0 Å². The Balaban J connectivity index is 2.86. The number of para-hydroxylation sites is 1. The molecule has 1 aromatic heterocycles. The molecule has 15 heavy (non-hydrogen) atoms. The highest BCUT2D eigenvalue weighted by molar-refractivity contribution is 7.77. The lowest BCUT2D eigenvalue weighted by Crippen LogP contribution is -2.08. The first-order chi connectivity index (χ1) is 7.11. The Labute approximate surface area is 92.9 Å². The average molecular weight is 243 g/mol. The zero-order valence-corrected chi connectivity index (χ0v) is 8.92. The summed E-state index contributed by atoms with van der Waals surface area (Å²) in [6.07, 6.45) is 0. The molecule has 0 saturated carbocycles. The van der Waals surface area contributed by atoms with Crippen LogP contribution in [0.15, 0.2) is 30.3 Å². The van der Waals surface area contributed by atoms with Crippen LogP contribution in [-0.2, 0) is 11.3 Å². The lowest BCUT2D eigenvalue weighted by molar-refractivity contribution is 0.107. The molecule has 0 N–H and O–H groups in total. The van der Waals surface area contributed by atoms with E-state index in [1.807, 2.05) is 0 Å². The standard InChI is InChI=1S/C9H6ClNO3S/c10-9(12)8-5-6-3-1-2-4-7(6)11(8)15(13)14/h1-5H,(H,13,14)/p-1. The molecular formula is C9H5ClNO3S-. The molecule has 2 aromatic rings. The third-order valence-electron chi connectivity index (χ3n) is 2.02. The molecule has 0 aliphatic carbocycles. The van der Waals surface area contributed by atoms with Gasteiger partial charge in [-0.1, -0.05) is 18.2 Å². The number of hydrogen-bond donors (Lipinski definition) is 0. The van der Waals surface area contributed by atoms with Crippen LogP contribution < -0.4 is 0 Å². The van der Waals surface area contributed by atoms with Gasteiger partial charge in [0.1, 0.15) is 5.69 Å². The average Bonchev–Trinajstić information content (AvgIpc) is 2.56. The van der Waals surface area contributed by atoms with Gasteiger partial charge in [-0.2, -0.15) is 0 Å². The second-order valence-corrected chi connectivity index (χ2v) is 4.02. The van der Waals surface area contributed by atoms with Crippen molar-refractivity contribution in [1.29, 1.82) is 0 Å². The minimum absolute atomic E-state index is 0.0498. The summed E-state index contributed by atoms with van der Waals surface area (Å²) >= 11 is 2.75. The lowest BCUT2D eigenvalue weighted by Gasteiger charge is -2.10. The van der Waals surface area contributed by atoms with E-state index in [0.29, 0.717) is 10.9 Å². The Morgan fingerprint density at radius 2 is 2.07 bits per heavy atom. The van der Waals surface area contributed by atoms with Crippen LogP contribution in [0.3, 0.4) is 0 Å². The van der Waals surface area contributed by atoms with Gasteiger partial charge in [0.05, 0.1) is 16.8 Å². The van der Waals surface area contributed by atoms with Crippen LogP contribution in [0.1, 0.15) is 10.5 Å². The second-order valence-electron chi connectivity index (χ2n) is 2.87. The maximum Gasteiger partial charge on any atom is 0.269 e. The molecule has 0 spiro atoms. The van der Waals surface area contributed by atoms with Gasteiger partial charge >= 0.3 is 0 Å². The predicted octanol–water partition coefficient (Wildman–Crippen LogP) is 1.66. The Hall–Kier alpha value is -1.17. The van der Waals surface area contributed by atoms with E-state index < -0.39 is 16.5 Å². The highest BCUT2D eigenvalue weighted by Crippen LogP contribution is 2.21. The first-order valence-corrected chi connectivity index (χ1v) is 5.42. The first-order valence-electron chi connectivity index (χ1n) is 4.01. The Morgan fingerprint density at radius 1 is 1.40 bits per heavy atom. The van der Waals surface area contributed by atoms with Gasteiger partial charge < -0.3 is 4.55 Å². The molecule has 1 atom stereocenters. The van der Waals surface area contributed by atoms with Crippen LogP contribution in [0.4, 0.5) is 0 Å². The van der Waals surface area contributed by atoms with Crippen molar-refractivity contribution in [3.05, 3.63) is 36.0 Å². The summed E-state index contributed by atoms with van der Waals surface area (Å²) < 4.78 is 22.8. The van der Waals surface area contributed by atoms with Gasteiger partial charge in [0.2, 0.25) is 0 Å². The molecule has 2 rings (SSSR count). The summed E-state index contributed by atoms with van der Waals surface area (Å²) in [6.45, 7) is 0. The van der Waals surface area contributed by atoms with Crippen molar-refractivity contribution >= 4 is 39.0 Å². The fraction of sp³-hybridized carbons (Fsp3) is 0. The minimum Gasteiger partial charge on any atom is -0.755 e. The van der Waals surface area contributed by atoms with Gasteiger partial charge in [-0.3, -0.25) is 13.0 Å². The molecule has 4 nitrogen and oxygen atoms in total. The summed E-state index contributed by atoms with van der Waals surface area (Å²) in [4.78, 5) is 11.0.